The van der Waals surface area contributed by atoms with Crippen molar-refractivity contribution in [3.8, 4) is 5.69 Å². The second-order valence-corrected chi connectivity index (χ2v) is 12.8. The van der Waals surface area contributed by atoms with Crippen molar-refractivity contribution in [2.75, 3.05) is 43.4 Å². The molecule has 1 atom stereocenters. The minimum Gasteiger partial charge on any atom is -0.339 e. The number of rotatable bonds is 4. The first-order valence-corrected chi connectivity index (χ1v) is 14.9. The zero-order chi connectivity index (χ0) is 29.5. The van der Waals surface area contributed by atoms with Gasteiger partial charge < -0.3 is 9.80 Å². The molecule has 3 aromatic rings. The van der Waals surface area contributed by atoms with Crippen molar-refractivity contribution < 1.29 is 18.8 Å². The van der Waals surface area contributed by atoms with Crippen LogP contribution in [0.3, 0.4) is 0 Å². The number of thioether (sulfide) groups is 1. The van der Waals surface area contributed by atoms with Crippen molar-refractivity contribution in [2.45, 2.75) is 45.3 Å². The van der Waals surface area contributed by atoms with Gasteiger partial charge in [0.2, 0.25) is 17.7 Å². The number of halogens is 1. The maximum absolute atomic E-state index is 13.9. The molecule has 2 aromatic carbocycles. The number of hydrogen-bond donors (Lipinski definition) is 0. The number of hydrogen-bond acceptors (Lipinski definition) is 5. The fourth-order valence-electron chi connectivity index (χ4n) is 5.44. The number of fused-ring (bicyclic) bond motifs is 1. The van der Waals surface area contributed by atoms with Crippen molar-refractivity contribution in [2.24, 2.45) is 0 Å². The van der Waals surface area contributed by atoms with Crippen molar-refractivity contribution in [3.05, 3.63) is 76.7 Å². The first kappa shape index (κ1) is 28.9. The van der Waals surface area contributed by atoms with Crippen LogP contribution in [0.1, 0.15) is 55.3 Å². The highest BCUT2D eigenvalue weighted by atomic mass is 32.2. The van der Waals surface area contributed by atoms with Crippen LogP contribution in [0.25, 0.3) is 5.69 Å². The predicted octanol–water partition coefficient (Wildman–Crippen LogP) is 4.48. The molecular formula is C31H36FN5O3S. The molecule has 2 aliphatic rings. The molecule has 3 amide bonds. The van der Waals surface area contributed by atoms with E-state index in [1.165, 1.54) is 30.8 Å². The summed E-state index contributed by atoms with van der Waals surface area (Å²) >= 11 is 1.53. The summed E-state index contributed by atoms with van der Waals surface area (Å²) in [7, 11) is 0. The van der Waals surface area contributed by atoms with Gasteiger partial charge in [-0.15, -0.1) is 11.8 Å². The predicted molar refractivity (Wildman–Crippen MR) is 159 cm³/mol. The molecule has 8 nitrogen and oxygen atoms in total. The summed E-state index contributed by atoms with van der Waals surface area (Å²) in [5.74, 6) is -0.0306. The van der Waals surface area contributed by atoms with E-state index in [2.05, 4.69) is 32.9 Å². The van der Waals surface area contributed by atoms with Gasteiger partial charge in [0.05, 0.1) is 22.4 Å². The summed E-state index contributed by atoms with van der Waals surface area (Å²) in [5, 5.41) is 4.86. The average molecular weight is 578 g/mol. The van der Waals surface area contributed by atoms with Gasteiger partial charge in [-0.25, -0.2) is 9.07 Å². The Kier molecular flexibility index (Phi) is 7.96. The molecular weight excluding hydrogens is 541 g/mol. The Morgan fingerprint density at radius 2 is 1.68 bits per heavy atom. The van der Waals surface area contributed by atoms with E-state index in [4.69, 9.17) is 5.10 Å². The summed E-state index contributed by atoms with van der Waals surface area (Å²) in [6, 6.07) is 14.3. The number of carbonyl (C=O) groups is 3. The van der Waals surface area contributed by atoms with Gasteiger partial charge in [-0.3, -0.25) is 19.3 Å². The zero-order valence-corrected chi connectivity index (χ0v) is 25.0. The van der Waals surface area contributed by atoms with Crippen LogP contribution in [-0.2, 0) is 19.8 Å². The van der Waals surface area contributed by atoms with E-state index in [1.54, 1.807) is 31.5 Å². The second kappa shape index (κ2) is 11.3. The monoisotopic (exact) mass is 577 g/mol. The van der Waals surface area contributed by atoms with Crippen LogP contribution in [-0.4, -0.2) is 75.8 Å². The Hall–Kier alpha value is -3.66. The maximum Gasteiger partial charge on any atom is 0.242 e. The van der Waals surface area contributed by atoms with Crippen molar-refractivity contribution >= 4 is 35.3 Å². The Balaban J connectivity index is 1.65. The Labute approximate surface area is 244 Å². The maximum atomic E-state index is 13.9. The molecule has 0 aliphatic carbocycles. The highest BCUT2D eigenvalue weighted by Gasteiger charge is 2.40. The quantitative estimate of drug-likeness (QED) is 0.457. The summed E-state index contributed by atoms with van der Waals surface area (Å²) in [4.78, 5) is 44.3. The van der Waals surface area contributed by atoms with Crippen LogP contribution in [0.4, 0.5) is 10.2 Å². The topological polar surface area (TPSA) is 78.8 Å². The number of aryl methyl sites for hydroxylation is 1. The van der Waals surface area contributed by atoms with Gasteiger partial charge >= 0.3 is 0 Å². The van der Waals surface area contributed by atoms with Crippen molar-refractivity contribution in [1.29, 1.82) is 0 Å². The molecule has 1 saturated heterocycles. The molecule has 0 spiro atoms. The van der Waals surface area contributed by atoms with Gasteiger partial charge in [-0.1, -0.05) is 50.6 Å². The second-order valence-electron chi connectivity index (χ2n) is 11.7. The molecule has 5 rings (SSSR count). The number of carbonyl (C=O) groups excluding carboxylic acids is 3. The number of benzene rings is 2. The van der Waals surface area contributed by atoms with E-state index in [9.17, 15) is 18.8 Å². The molecule has 1 fully saturated rings. The first-order chi connectivity index (χ1) is 19.4. The van der Waals surface area contributed by atoms with E-state index in [0.29, 0.717) is 37.7 Å². The zero-order valence-electron chi connectivity index (χ0n) is 24.2. The van der Waals surface area contributed by atoms with Gasteiger partial charge in [0.15, 0.2) is 0 Å². The molecule has 41 heavy (non-hydrogen) atoms. The third-order valence-corrected chi connectivity index (χ3v) is 8.84. The van der Waals surface area contributed by atoms with Crippen LogP contribution in [0.2, 0.25) is 0 Å². The molecule has 216 valence electrons. The fraction of sp³-hybridized carbons (Fsp3) is 0.419. The molecule has 0 radical (unpaired) electrons. The van der Waals surface area contributed by atoms with Crippen LogP contribution in [0.5, 0.6) is 0 Å². The molecule has 0 unspecified atom stereocenters. The summed E-state index contributed by atoms with van der Waals surface area (Å²) in [5.41, 5.74) is 4.09. The lowest BCUT2D eigenvalue weighted by molar-refractivity contribution is -0.137. The largest absolute Gasteiger partial charge is 0.339 e. The van der Waals surface area contributed by atoms with Crippen molar-refractivity contribution in [1.82, 2.24) is 19.6 Å². The Morgan fingerprint density at radius 3 is 2.29 bits per heavy atom. The number of anilines is 1. The van der Waals surface area contributed by atoms with Crippen LogP contribution >= 0.6 is 11.8 Å². The van der Waals surface area contributed by atoms with Gasteiger partial charge in [0.25, 0.3) is 0 Å². The molecule has 0 saturated carbocycles. The van der Waals surface area contributed by atoms with Gasteiger partial charge in [-0.05, 0) is 36.8 Å². The lowest BCUT2D eigenvalue weighted by Gasteiger charge is -2.35. The highest BCUT2D eigenvalue weighted by molar-refractivity contribution is 8.00. The SMILES string of the molecule is CC(=O)N1CCN(C(=O)CN2C(=O)CS[C@@H](c3cccc(C)c3)c3c(C(C)(C)C)nn(-c4ccc(F)cc4)c32)CC1. The number of nitrogens with zero attached hydrogens (tertiary/aromatic N) is 5. The van der Waals surface area contributed by atoms with Gasteiger partial charge in [-0.2, -0.15) is 5.10 Å². The normalized spacial score (nSPS) is 17.9. The van der Waals surface area contributed by atoms with Gasteiger partial charge in [0.1, 0.15) is 18.2 Å². The van der Waals surface area contributed by atoms with Crippen LogP contribution in [0.15, 0.2) is 48.5 Å². The lowest BCUT2D eigenvalue weighted by atomic mass is 9.87. The Morgan fingerprint density at radius 1 is 1.02 bits per heavy atom. The molecule has 2 aliphatic heterocycles. The smallest absolute Gasteiger partial charge is 0.242 e. The van der Waals surface area contributed by atoms with E-state index < -0.39 is 0 Å². The minimum absolute atomic E-state index is 0.0124. The first-order valence-electron chi connectivity index (χ1n) is 13.8. The number of piperazine rings is 1. The van der Waals surface area contributed by atoms with E-state index in [-0.39, 0.29) is 46.5 Å². The van der Waals surface area contributed by atoms with E-state index in [1.807, 2.05) is 19.1 Å². The number of amides is 3. The highest BCUT2D eigenvalue weighted by Crippen LogP contribution is 2.48. The summed E-state index contributed by atoms with van der Waals surface area (Å²) < 4.78 is 15.6. The van der Waals surface area contributed by atoms with Crippen LogP contribution in [0, 0.1) is 12.7 Å². The van der Waals surface area contributed by atoms with E-state index in [0.717, 1.165) is 22.4 Å². The number of aromatic nitrogens is 2. The summed E-state index contributed by atoms with van der Waals surface area (Å²) in [6.07, 6.45) is 0. The lowest BCUT2D eigenvalue weighted by Crippen LogP contribution is -2.53. The average Bonchev–Trinajstić information content (AvgIpc) is 3.26. The van der Waals surface area contributed by atoms with E-state index >= 15 is 0 Å². The molecule has 3 heterocycles. The molecule has 10 heteroatoms. The van der Waals surface area contributed by atoms with Gasteiger partial charge in [0, 0.05) is 44.1 Å². The molecule has 1 aromatic heterocycles. The van der Waals surface area contributed by atoms with Crippen molar-refractivity contribution in [3.63, 3.8) is 0 Å². The molecule has 0 bridgehead atoms. The minimum atomic E-state index is -0.385. The van der Waals surface area contributed by atoms with Crippen LogP contribution < -0.4 is 4.90 Å². The molecule has 0 N–H and O–H groups in total. The Bertz CT molecular complexity index is 1470. The third-order valence-electron chi connectivity index (χ3n) is 7.59. The third kappa shape index (κ3) is 5.88. The standard InChI is InChI=1S/C31H36FN5O3S/c1-20-7-6-8-22(17-20)28-27-29(31(3,4)5)33-37(24-11-9-23(32)10-12-24)30(27)36(26(40)19-41-28)18-25(39)35-15-13-34(14-16-35)21(2)38/h6-12,17,28H,13-16,18-19H2,1-5H3/t28-/m0/s1. The fourth-order valence-corrected chi connectivity index (χ4v) is 6.63. The summed E-state index contributed by atoms with van der Waals surface area (Å²) in [6.45, 7) is 11.4.